The topological polar surface area (TPSA) is 119 Å². The van der Waals surface area contributed by atoms with Crippen molar-refractivity contribution in [3.63, 3.8) is 0 Å². The first-order valence-electron chi connectivity index (χ1n) is 12.4. The molecule has 1 saturated heterocycles. The summed E-state index contributed by atoms with van der Waals surface area (Å²) in [6.07, 6.45) is 3.91. The van der Waals surface area contributed by atoms with Crippen molar-refractivity contribution in [2.45, 2.75) is 50.7 Å². The molecule has 37 heavy (non-hydrogen) atoms. The van der Waals surface area contributed by atoms with E-state index in [9.17, 15) is 22.8 Å². The second kappa shape index (κ2) is 11.7. The number of nitrogens with one attached hydrogen (secondary N) is 1. The number of nitrogens with zero attached hydrogens (tertiary/aromatic N) is 5. The number of fused-ring (bicyclic) bond motifs is 1. The predicted molar refractivity (Wildman–Crippen MR) is 132 cm³/mol. The minimum absolute atomic E-state index is 0.148. The molecule has 1 amide bonds. The first kappa shape index (κ1) is 26.5. The number of amides is 1. The molecule has 0 radical (unpaired) electrons. The number of anilines is 1. The Balaban J connectivity index is 0.000000469. The van der Waals surface area contributed by atoms with Gasteiger partial charge >= 0.3 is 6.18 Å². The Hall–Kier alpha value is -3.54. The Morgan fingerprint density at radius 1 is 1.08 bits per heavy atom. The average Bonchev–Trinajstić information content (AvgIpc) is 2.87. The Bertz CT molecular complexity index is 1250. The van der Waals surface area contributed by atoms with Crippen molar-refractivity contribution in [3.8, 4) is 0 Å². The summed E-state index contributed by atoms with van der Waals surface area (Å²) in [4.78, 5) is 30.6. The summed E-state index contributed by atoms with van der Waals surface area (Å²) in [7, 11) is 0. The number of aromatic nitrogens is 4. The molecule has 1 aliphatic carbocycles. The Morgan fingerprint density at radius 3 is 2.41 bits per heavy atom. The molecule has 0 aromatic carbocycles. The van der Waals surface area contributed by atoms with Crippen molar-refractivity contribution in [1.82, 2.24) is 24.9 Å². The fourth-order valence-corrected chi connectivity index (χ4v) is 4.21. The van der Waals surface area contributed by atoms with Gasteiger partial charge in [-0.15, -0.1) is 5.10 Å². The first-order chi connectivity index (χ1) is 17.8. The van der Waals surface area contributed by atoms with Gasteiger partial charge in [-0.05, 0) is 68.8 Å². The highest BCUT2D eigenvalue weighted by molar-refractivity contribution is 5.93. The van der Waals surface area contributed by atoms with E-state index in [-0.39, 0.29) is 5.65 Å². The summed E-state index contributed by atoms with van der Waals surface area (Å²) < 4.78 is 42.3. The molecule has 198 valence electrons. The van der Waals surface area contributed by atoms with E-state index in [4.69, 9.17) is 5.73 Å². The van der Waals surface area contributed by atoms with Gasteiger partial charge in [0.25, 0.3) is 11.5 Å². The summed E-state index contributed by atoms with van der Waals surface area (Å²) in [5, 5.41) is 9.54. The van der Waals surface area contributed by atoms with E-state index in [0.29, 0.717) is 5.82 Å². The van der Waals surface area contributed by atoms with Gasteiger partial charge in [0.15, 0.2) is 11.9 Å². The molecule has 5 rings (SSSR count). The van der Waals surface area contributed by atoms with Crippen LogP contribution in [0.25, 0.3) is 5.65 Å². The minimum Gasteiger partial charge on any atom is -0.355 e. The van der Waals surface area contributed by atoms with E-state index >= 15 is 0 Å². The summed E-state index contributed by atoms with van der Waals surface area (Å²) in [6.45, 7) is 2.47. The number of nitrogens with two attached hydrogens (primary N) is 1. The third-order valence-electron chi connectivity index (χ3n) is 6.61. The summed E-state index contributed by atoms with van der Waals surface area (Å²) in [6, 6.07) is 5.85. The van der Waals surface area contributed by atoms with Gasteiger partial charge in [0.2, 0.25) is 0 Å². The van der Waals surface area contributed by atoms with Crippen LogP contribution in [0.15, 0.2) is 47.4 Å². The van der Waals surface area contributed by atoms with Crippen molar-refractivity contribution < 1.29 is 18.0 Å². The molecule has 3 aromatic heterocycles. The van der Waals surface area contributed by atoms with Crippen LogP contribution in [-0.2, 0) is 0 Å². The first-order valence-corrected chi connectivity index (χ1v) is 12.4. The molecule has 3 N–H and O–H groups in total. The third kappa shape index (κ3) is 6.62. The van der Waals surface area contributed by atoms with Gasteiger partial charge in [-0.3, -0.25) is 14.0 Å². The molecule has 1 unspecified atom stereocenters. The maximum Gasteiger partial charge on any atom is 0.414 e. The van der Waals surface area contributed by atoms with Crippen LogP contribution >= 0.6 is 0 Å². The zero-order chi connectivity index (χ0) is 26.4. The fourth-order valence-electron chi connectivity index (χ4n) is 4.21. The van der Waals surface area contributed by atoms with E-state index in [1.807, 2.05) is 10.2 Å². The van der Waals surface area contributed by atoms with Crippen molar-refractivity contribution in [1.29, 1.82) is 0 Å². The van der Waals surface area contributed by atoms with Crippen LogP contribution in [-0.4, -0.2) is 51.3 Å². The highest BCUT2D eigenvalue weighted by Crippen LogP contribution is 2.32. The number of hydrogen-bond acceptors (Lipinski definition) is 7. The van der Waals surface area contributed by atoms with Crippen LogP contribution in [0.5, 0.6) is 0 Å². The standard InChI is InChI=1S/C20H19F3N6O2.C5H11N/c21-20(22,23)18(13-7-8-16(27-26-13)28-9-3-1-4-10-28)25-19(31)14-12-17(30)29-11-5-2-6-15(29)24-14;6-4-5-2-1-3-5/h2,5-8,11-12,18H,1,3-4,9-10H2,(H,25,31);5H,1-4,6H2. The molecule has 2 aliphatic rings. The van der Waals surface area contributed by atoms with E-state index in [1.165, 1.54) is 48.1 Å². The molecule has 1 aliphatic heterocycles. The monoisotopic (exact) mass is 517 g/mol. The highest BCUT2D eigenvalue weighted by Gasteiger charge is 2.43. The molecule has 4 heterocycles. The Labute approximate surface area is 211 Å². The zero-order valence-corrected chi connectivity index (χ0v) is 20.3. The third-order valence-corrected chi connectivity index (χ3v) is 6.61. The molecule has 12 heteroatoms. The van der Waals surface area contributed by atoms with Gasteiger partial charge < -0.3 is 16.0 Å². The smallest absolute Gasteiger partial charge is 0.355 e. The van der Waals surface area contributed by atoms with Gasteiger partial charge in [-0.2, -0.15) is 18.3 Å². The van der Waals surface area contributed by atoms with E-state index in [2.05, 4.69) is 15.2 Å². The lowest BCUT2D eigenvalue weighted by Crippen LogP contribution is -2.39. The van der Waals surface area contributed by atoms with Gasteiger partial charge in [0.1, 0.15) is 11.3 Å². The molecule has 0 spiro atoms. The number of piperidine rings is 1. The van der Waals surface area contributed by atoms with Crippen LogP contribution in [0.2, 0.25) is 0 Å². The lowest BCUT2D eigenvalue weighted by molar-refractivity contribution is -0.156. The number of pyridine rings is 1. The summed E-state index contributed by atoms with van der Waals surface area (Å²) in [5.41, 5.74) is 4.04. The van der Waals surface area contributed by atoms with Crippen molar-refractivity contribution >= 4 is 17.4 Å². The molecule has 1 atom stereocenters. The van der Waals surface area contributed by atoms with Gasteiger partial charge in [0.05, 0.1) is 5.69 Å². The molecule has 2 fully saturated rings. The lowest BCUT2D eigenvalue weighted by atomic mass is 9.86. The zero-order valence-electron chi connectivity index (χ0n) is 20.3. The molecule has 0 bridgehead atoms. The van der Waals surface area contributed by atoms with Crippen molar-refractivity contribution in [2.24, 2.45) is 11.7 Å². The van der Waals surface area contributed by atoms with Gasteiger partial charge in [0, 0.05) is 25.4 Å². The van der Waals surface area contributed by atoms with Crippen LogP contribution in [0.3, 0.4) is 0 Å². The second-order valence-electron chi connectivity index (χ2n) is 9.25. The number of hydrogen-bond donors (Lipinski definition) is 2. The number of carbonyl (C=O) groups is 1. The lowest BCUT2D eigenvalue weighted by Gasteiger charge is -2.27. The quantitative estimate of drug-likeness (QED) is 0.533. The van der Waals surface area contributed by atoms with Crippen LogP contribution in [0.1, 0.15) is 60.7 Å². The van der Waals surface area contributed by atoms with E-state index < -0.39 is 35.1 Å². The molecular formula is C25H30F3N7O2. The van der Waals surface area contributed by atoms with Crippen LogP contribution in [0, 0.1) is 5.92 Å². The van der Waals surface area contributed by atoms with E-state index in [0.717, 1.165) is 50.9 Å². The van der Waals surface area contributed by atoms with E-state index in [1.54, 1.807) is 12.1 Å². The minimum atomic E-state index is -4.82. The predicted octanol–water partition coefficient (Wildman–Crippen LogP) is 3.25. The molecule has 3 aromatic rings. The molecule has 9 nitrogen and oxygen atoms in total. The largest absolute Gasteiger partial charge is 0.414 e. The fraction of sp³-hybridized carbons (Fsp3) is 0.480. The average molecular weight is 518 g/mol. The SMILES string of the molecule is NCC1CCC1.O=C(NC(c1ccc(N2CCCCC2)nn1)C(F)(F)F)c1cc(=O)n2ccccc2n1. The number of alkyl halides is 3. The normalized spacial score (nSPS) is 16.9. The summed E-state index contributed by atoms with van der Waals surface area (Å²) in [5.74, 6) is 0.262. The highest BCUT2D eigenvalue weighted by atomic mass is 19.4. The molecular weight excluding hydrogens is 487 g/mol. The van der Waals surface area contributed by atoms with Crippen molar-refractivity contribution in [3.05, 3.63) is 64.3 Å². The Morgan fingerprint density at radius 2 is 1.84 bits per heavy atom. The maximum absolute atomic E-state index is 13.7. The van der Waals surface area contributed by atoms with Crippen LogP contribution < -0.4 is 21.5 Å². The second-order valence-corrected chi connectivity index (χ2v) is 9.25. The molecule has 1 saturated carbocycles. The van der Waals surface area contributed by atoms with Gasteiger partial charge in [-0.1, -0.05) is 12.5 Å². The van der Waals surface area contributed by atoms with Gasteiger partial charge in [-0.25, -0.2) is 4.98 Å². The maximum atomic E-state index is 13.7. The number of rotatable bonds is 5. The summed E-state index contributed by atoms with van der Waals surface area (Å²) >= 11 is 0. The number of carbonyl (C=O) groups excluding carboxylic acids is 1. The van der Waals surface area contributed by atoms with Crippen LogP contribution in [0.4, 0.5) is 19.0 Å². The Kier molecular flexibility index (Phi) is 8.37. The van der Waals surface area contributed by atoms with Crippen molar-refractivity contribution in [2.75, 3.05) is 24.5 Å². The number of halogens is 3.